The molecule has 0 radical (unpaired) electrons. The molecule has 0 fully saturated rings. The molecule has 0 atom stereocenters. The Hall–Kier alpha value is -2.89. The van der Waals surface area contributed by atoms with Gasteiger partial charge in [-0.2, -0.15) is 4.68 Å². The van der Waals surface area contributed by atoms with Crippen molar-refractivity contribution in [1.82, 2.24) is 20.2 Å². The number of hydrogen-bond acceptors (Lipinski definition) is 5. The van der Waals surface area contributed by atoms with E-state index in [1.54, 1.807) is 12.1 Å². The van der Waals surface area contributed by atoms with E-state index >= 15 is 0 Å². The van der Waals surface area contributed by atoms with Crippen LogP contribution in [0.4, 0.5) is 5.69 Å². The summed E-state index contributed by atoms with van der Waals surface area (Å²) in [7, 11) is 0. The number of nitrogens with zero attached hydrogens (tertiary/aromatic N) is 4. The van der Waals surface area contributed by atoms with Gasteiger partial charge in [-0.3, -0.25) is 0 Å². The van der Waals surface area contributed by atoms with E-state index in [2.05, 4.69) is 15.5 Å². The second-order valence-electron chi connectivity index (χ2n) is 3.85. The van der Waals surface area contributed by atoms with E-state index in [4.69, 9.17) is 10.5 Å². The van der Waals surface area contributed by atoms with Crippen molar-refractivity contribution in [1.29, 1.82) is 0 Å². The van der Waals surface area contributed by atoms with E-state index in [1.807, 2.05) is 42.5 Å². The highest BCUT2D eigenvalue weighted by Crippen LogP contribution is 2.26. The van der Waals surface area contributed by atoms with Crippen LogP contribution in [0.2, 0.25) is 0 Å². The van der Waals surface area contributed by atoms with E-state index in [9.17, 15) is 0 Å². The van der Waals surface area contributed by atoms with Gasteiger partial charge in [-0.1, -0.05) is 35.4 Å². The topological polar surface area (TPSA) is 78.8 Å². The summed E-state index contributed by atoms with van der Waals surface area (Å²) < 4.78 is 7.14. The third-order valence-corrected chi connectivity index (χ3v) is 2.56. The molecule has 0 aliphatic heterocycles. The minimum absolute atomic E-state index is 0.268. The van der Waals surface area contributed by atoms with Crippen molar-refractivity contribution in [2.45, 2.75) is 0 Å². The van der Waals surface area contributed by atoms with Crippen molar-refractivity contribution in [3.8, 4) is 17.4 Å². The number of anilines is 1. The summed E-state index contributed by atoms with van der Waals surface area (Å²) in [6.07, 6.45) is 0. The van der Waals surface area contributed by atoms with Crippen molar-refractivity contribution in [3.05, 3.63) is 54.6 Å². The largest absolute Gasteiger partial charge is 0.421 e. The van der Waals surface area contributed by atoms with Crippen LogP contribution in [0.15, 0.2) is 54.6 Å². The number of tetrazole rings is 1. The Bertz CT molecular complexity index is 680. The summed E-state index contributed by atoms with van der Waals surface area (Å²) in [6, 6.07) is 17.0. The molecule has 2 aromatic carbocycles. The molecule has 0 spiro atoms. The van der Waals surface area contributed by atoms with Gasteiger partial charge in [0.1, 0.15) is 0 Å². The van der Waals surface area contributed by atoms with Gasteiger partial charge in [0.05, 0.1) is 11.4 Å². The molecule has 6 nitrogen and oxygen atoms in total. The maximum absolute atomic E-state index is 5.82. The minimum atomic E-state index is 0.268. The first kappa shape index (κ1) is 11.2. The maximum Gasteiger partial charge on any atom is 0.345 e. The first-order chi connectivity index (χ1) is 9.34. The number of nitrogens with two attached hydrogens (primary N) is 1. The van der Waals surface area contributed by atoms with E-state index in [-0.39, 0.29) is 6.01 Å². The fraction of sp³-hybridized carbons (Fsp3) is 0. The molecule has 6 heteroatoms. The second-order valence-corrected chi connectivity index (χ2v) is 3.85. The molecule has 0 saturated carbocycles. The summed E-state index contributed by atoms with van der Waals surface area (Å²) in [5.41, 5.74) is 7.17. The van der Waals surface area contributed by atoms with Crippen LogP contribution in [-0.4, -0.2) is 20.2 Å². The van der Waals surface area contributed by atoms with Gasteiger partial charge < -0.3 is 10.5 Å². The highest BCUT2D eigenvalue weighted by atomic mass is 16.5. The van der Waals surface area contributed by atoms with Crippen molar-refractivity contribution in [3.63, 3.8) is 0 Å². The van der Waals surface area contributed by atoms with Crippen molar-refractivity contribution >= 4 is 5.69 Å². The molecule has 3 aromatic rings. The molecule has 1 heterocycles. The molecule has 2 N–H and O–H groups in total. The number of para-hydroxylation sites is 3. The van der Waals surface area contributed by atoms with Crippen LogP contribution in [0.5, 0.6) is 11.8 Å². The number of aromatic nitrogens is 4. The Morgan fingerprint density at radius 2 is 1.68 bits per heavy atom. The number of nitrogen functional groups attached to an aromatic ring is 1. The Morgan fingerprint density at radius 1 is 0.947 bits per heavy atom. The second kappa shape index (κ2) is 4.77. The minimum Gasteiger partial charge on any atom is -0.421 e. The summed E-state index contributed by atoms with van der Waals surface area (Å²) in [5.74, 6) is 0.523. The lowest BCUT2D eigenvalue weighted by Crippen LogP contribution is -2.01. The lowest BCUT2D eigenvalue weighted by Gasteiger charge is -2.07. The third kappa shape index (κ3) is 2.23. The van der Waals surface area contributed by atoms with Gasteiger partial charge in [0.2, 0.25) is 0 Å². The molecule has 3 rings (SSSR count). The molecule has 19 heavy (non-hydrogen) atoms. The molecule has 0 aliphatic carbocycles. The third-order valence-electron chi connectivity index (χ3n) is 2.56. The molecule has 0 amide bonds. The summed E-state index contributed by atoms with van der Waals surface area (Å²) in [4.78, 5) is 0. The van der Waals surface area contributed by atoms with Crippen molar-refractivity contribution in [2.24, 2.45) is 0 Å². The SMILES string of the molecule is Nc1ccccc1Oc1nnnn1-c1ccccc1. The lowest BCUT2D eigenvalue weighted by molar-refractivity contribution is 0.429. The first-order valence-corrected chi connectivity index (χ1v) is 5.71. The average molecular weight is 253 g/mol. The summed E-state index contributed by atoms with van der Waals surface area (Å²) in [5, 5.41) is 11.4. The Kier molecular flexibility index (Phi) is 2.82. The Labute approximate surface area is 109 Å². The Balaban J connectivity index is 1.96. The van der Waals surface area contributed by atoms with Gasteiger partial charge in [0, 0.05) is 0 Å². The fourth-order valence-electron chi connectivity index (χ4n) is 1.65. The van der Waals surface area contributed by atoms with Gasteiger partial charge in [-0.05, 0) is 34.7 Å². The zero-order valence-electron chi connectivity index (χ0n) is 9.97. The smallest absolute Gasteiger partial charge is 0.345 e. The molecule has 0 bridgehead atoms. The lowest BCUT2D eigenvalue weighted by atomic mass is 10.3. The molecule has 94 valence electrons. The van der Waals surface area contributed by atoms with Gasteiger partial charge in [-0.15, -0.1) is 0 Å². The van der Waals surface area contributed by atoms with Crippen LogP contribution in [-0.2, 0) is 0 Å². The molecule has 1 aromatic heterocycles. The highest BCUT2D eigenvalue weighted by Gasteiger charge is 2.11. The predicted molar refractivity (Wildman–Crippen MR) is 70.1 cm³/mol. The number of rotatable bonds is 3. The van der Waals surface area contributed by atoms with Crippen LogP contribution < -0.4 is 10.5 Å². The quantitative estimate of drug-likeness (QED) is 0.722. The van der Waals surface area contributed by atoms with Gasteiger partial charge >= 0.3 is 6.01 Å². The van der Waals surface area contributed by atoms with Crippen molar-refractivity contribution < 1.29 is 4.74 Å². The zero-order valence-corrected chi connectivity index (χ0v) is 9.97. The predicted octanol–water partition coefficient (Wildman–Crippen LogP) is 2.04. The molecule has 0 saturated heterocycles. The van der Waals surface area contributed by atoms with E-state index < -0.39 is 0 Å². The number of ether oxygens (including phenoxy) is 1. The standard InChI is InChI=1S/C13H11N5O/c14-11-8-4-5-9-12(11)19-13-15-16-17-18(13)10-6-2-1-3-7-10/h1-9H,14H2. The number of hydrogen-bond donors (Lipinski definition) is 1. The van der Waals surface area contributed by atoms with Gasteiger partial charge in [0.15, 0.2) is 5.75 Å². The zero-order chi connectivity index (χ0) is 13.1. The Morgan fingerprint density at radius 3 is 2.47 bits per heavy atom. The molecular formula is C13H11N5O. The van der Waals surface area contributed by atoms with E-state index in [0.717, 1.165) is 5.69 Å². The van der Waals surface area contributed by atoms with Crippen LogP contribution >= 0.6 is 0 Å². The van der Waals surface area contributed by atoms with E-state index in [1.165, 1.54) is 4.68 Å². The molecular weight excluding hydrogens is 242 g/mol. The summed E-state index contributed by atoms with van der Waals surface area (Å²) in [6.45, 7) is 0. The van der Waals surface area contributed by atoms with Crippen LogP contribution in [0.1, 0.15) is 0 Å². The molecule has 0 aliphatic rings. The maximum atomic E-state index is 5.82. The fourth-order valence-corrected chi connectivity index (χ4v) is 1.65. The highest BCUT2D eigenvalue weighted by molar-refractivity contribution is 5.52. The van der Waals surface area contributed by atoms with Crippen LogP contribution in [0.25, 0.3) is 5.69 Å². The average Bonchev–Trinajstić information content (AvgIpc) is 2.91. The van der Waals surface area contributed by atoms with Gasteiger partial charge in [0.25, 0.3) is 0 Å². The first-order valence-electron chi connectivity index (χ1n) is 5.71. The van der Waals surface area contributed by atoms with Crippen molar-refractivity contribution in [2.75, 3.05) is 5.73 Å². The van der Waals surface area contributed by atoms with Crippen LogP contribution in [0, 0.1) is 0 Å². The number of benzene rings is 2. The van der Waals surface area contributed by atoms with Crippen LogP contribution in [0.3, 0.4) is 0 Å². The molecule has 0 unspecified atom stereocenters. The van der Waals surface area contributed by atoms with Gasteiger partial charge in [-0.25, -0.2) is 0 Å². The summed E-state index contributed by atoms with van der Waals surface area (Å²) >= 11 is 0. The normalized spacial score (nSPS) is 10.3. The monoisotopic (exact) mass is 253 g/mol. The van der Waals surface area contributed by atoms with E-state index in [0.29, 0.717) is 11.4 Å².